The standard InChI is InChI=1S/C31H34F2N4O4/c1-17(2)34-30(38)40-15-22-23(16-41-31(39)35-18(3)4)29(19-10-11-24(32)25(33)12-19)37-14-28-21(13-27(22)37)20-8-6-7-9-26(20)36(28)5/h6-12,17-18H,13-16H2,1-5H3,(H,34,38)(H,35,39). The van der Waals surface area contributed by atoms with Crippen molar-refractivity contribution >= 4 is 23.1 Å². The van der Waals surface area contributed by atoms with E-state index in [1.807, 2.05) is 51.4 Å². The van der Waals surface area contributed by atoms with Gasteiger partial charge >= 0.3 is 12.2 Å². The summed E-state index contributed by atoms with van der Waals surface area (Å²) in [5.41, 5.74) is 6.40. The van der Waals surface area contributed by atoms with Crippen molar-refractivity contribution in [2.45, 2.75) is 66.0 Å². The summed E-state index contributed by atoms with van der Waals surface area (Å²) < 4.78 is 43.9. The van der Waals surface area contributed by atoms with E-state index in [0.717, 1.165) is 40.0 Å². The summed E-state index contributed by atoms with van der Waals surface area (Å²) in [5.74, 6) is -1.95. The predicted octanol–water partition coefficient (Wildman–Crippen LogP) is 6.15. The average molecular weight is 565 g/mol. The Bertz CT molecular complexity index is 1640. The Labute approximate surface area is 237 Å². The summed E-state index contributed by atoms with van der Waals surface area (Å²) in [5, 5.41) is 6.54. The minimum atomic E-state index is -0.988. The highest BCUT2D eigenvalue weighted by atomic mass is 19.2. The van der Waals surface area contributed by atoms with Crippen LogP contribution in [0.3, 0.4) is 0 Å². The molecule has 0 aliphatic carbocycles. The number of fused-ring (bicyclic) bond motifs is 4. The van der Waals surface area contributed by atoms with E-state index in [0.29, 0.717) is 35.3 Å². The molecule has 2 aromatic heterocycles. The molecule has 2 aromatic carbocycles. The van der Waals surface area contributed by atoms with Crippen LogP contribution in [0.5, 0.6) is 0 Å². The number of halogens is 2. The van der Waals surface area contributed by atoms with Gasteiger partial charge in [-0.3, -0.25) is 0 Å². The number of aromatic nitrogens is 2. The van der Waals surface area contributed by atoms with Crippen LogP contribution in [0, 0.1) is 11.6 Å². The van der Waals surface area contributed by atoms with Crippen LogP contribution in [0.15, 0.2) is 42.5 Å². The van der Waals surface area contributed by atoms with Gasteiger partial charge in [0.2, 0.25) is 0 Å². The Balaban J connectivity index is 1.67. The minimum Gasteiger partial charge on any atom is -0.445 e. The molecule has 0 unspecified atom stereocenters. The van der Waals surface area contributed by atoms with Crippen LogP contribution in [0.1, 0.15) is 55.8 Å². The third kappa shape index (κ3) is 5.51. The first kappa shape index (κ1) is 28.2. The van der Waals surface area contributed by atoms with Crippen molar-refractivity contribution in [1.29, 1.82) is 0 Å². The van der Waals surface area contributed by atoms with Crippen molar-refractivity contribution in [1.82, 2.24) is 19.8 Å². The molecule has 0 radical (unpaired) electrons. The summed E-state index contributed by atoms with van der Waals surface area (Å²) >= 11 is 0. The minimum absolute atomic E-state index is 0.0951. The molecule has 5 rings (SSSR count). The number of hydrogen-bond donors (Lipinski definition) is 2. The van der Waals surface area contributed by atoms with Gasteiger partial charge in [0.1, 0.15) is 13.2 Å². The first-order valence-electron chi connectivity index (χ1n) is 13.6. The Hall–Kier alpha value is -4.34. The monoisotopic (exact) mass is 564 g/mol. The lowest BCUT2D eigenvalue weighted by Gasteiger charge is -2.22. The highest BCUT2D eigenvalue weighted by molar-refractivity contribution is 5.86. The fourth-order valence-corrected chi connectivity index (χ4v) is 5.52. The maximum atomic E-state index is 14.5. The van der Waals surface area contributed by atoms with Crippen molar-refractivity contribution in [2.75, 3.05) is 0 Å². The highest BCUT2D eigenvalue weighted by Crippen LogP contribution is 2.41. The van der Waals surface area contributed by atoms with Crippen molar-refractivity contribution in [2.24, 2.45) is 7.05 Å². The molecule has 0 atom stereocenters. The smallest absolute Gasteiger partial charge is 0.407 e. The van der Waals surface area contributed by atoms with E-state index >= 15 is 0 Å². The number of carbonyl (C=O) groups excluding carboxylic acids is 2. The quantitative estimate of drug-likeness (QED) is 0.248. The lowest BCUT2D eigenvalue weighted by atomic mass is 9.99. The second-order valence-corrected chi connectivity index (χ2v) is 10.9. The van der Waals surface area contributed by atoms with Crippen molar-refractivity contribution in [3.05, 3.63) is 82.2 Å². The number of aryl methyl sites for hydroxylation is 1. The van der Waals surface area contributed by atoms with Crippen molar-refractivity contribution in [3.63, 3.8) is 0 Å². The molecule has 10 heteroatoms. The number of carbonyl (C=O) groups is 2. The maximum absolute atomic E-state index is 14.5. The molecule has 0 saturated heterocycles. The molecule has 0 bridgehead atoms. The number of para-hydroxylation sites is 1. The predicted molar refractivity (Wildman–Crippen MR) is 152 cm³/mol. The second-order valence-electron chi connectivity index (χ2n) is 10.9. The number of ether oxygens (including phenoxy) is 2. The summed E-state index contributed by atoms with van der Waals surface area (Å²) in [6.07, 6.45) is -0.685. The summed E-state index contributed by atoms with van der Waals surface area (Å²) in [4.78, 5) is 25.0. The van der Waals surface area contributed by atoms with E-state index in [-0.39, 0.29) is 25.3 Å². The van der Waals surface area contributed by atoms with Gasteiger partial charge in [-0.1, -0.05) is 18.2 Å². The number of amides is 2. The zero-order valence-electron chi connectivity index (χ0n) is 23.8. The first-order valence-corrected chi connectivity index (χ1v) is 13.6. The second kappa shape index (κ2) is 11.3. The molecule has 3 heterocycles. The Kier molecular flexibility index (Phi) is 7.75. The Morgan fingerprint density at radius 3 is 2.15 bits per heavy atom. The summed E-state index contributed by atoms with van der Waals surface area (Å²) in [7, 11) is 2.01. The molecule has 41 heavy (non-hydrogen) atoms. The van der Waals surface area contributed by atoms with E-state index in [1.54, 1.807) is 0 Å². The zero-order valence-corrected chi connectivity index (χ0v) is 23.8. The first-order chi connectivity index (χ1) is 19.5. The van der Waals surface area contributed by atoms with Crippen LogP contribution >= 0.6 is 0 Å². The molecule has 0 saturated carbocycles. The van der Waals surface area contributed by atoms with Gasteiger partial charge in [-0.25, -0.2) is 18.4 Å². The van der Waals surface area contributed by atoms with Crippen LogP contribution in [0.4, 0.5) is 18.4 Å². The lowest BCUT2D eigenvalue weighted by Crippen LogP contribution is -2.31. The SMILES string of the molecule is CC(C)NC(=O)OCc1c(COC(=O)NC(C)C)c(-c2ccc(F)c(F)c2)n2c1Cc1c(n(C)c3ccccc13)C2. The largest absolute Gasteiger partial charge is 0.445 e. The third-order valence-electron chi connectivity index (χ3n) is 7.29. The number of nitrogens with one attached hydrogen (secondary N) is 2. The fraction of sp³-hybridized carbons (Fsp3) is 0.355. The number of rotatable bonds is 7. The van der Waals surface area contributed by atoms with Gasteiger partial charge in [0.15, 0.2) is 11.6 Å². The van der Waals surface area contributed by atoms with E-state index in [2.05, 4.69) is 27.3 Å². The Morgan fingerprint density at radius 2 is 1.51 bits per heavy atom. The zero-order chi connectivity index (χ0) is 29.4. The van der Waals surface area contributed by atoms with E-state index in [4.69, 9.17) is 9.47 Å². The molecule has 216 valence electrons. The number of benzene rings is 2. The van der Waals surface area contributed by atoms with Crippen molar-refractivity contribution < 1.29 is 27.8 Å². The van der Waals surface area contributed by atoms with Crippen LogP contribution in [0.25, 0.3) is 22.2 Å². The molecule has 0 fully saturated rings. The highest BCUT2D eigenvalue weighted by Gasteiger charge is 2.32. The van der Waals surface area contributed by atoms with Gasteiger partial charge in [0, 0.05) is 64.5 Å². The number of hydrogen-bond acceptors (Lipinski definition) is 4. The maximum Gasteiger partial charge on any atom is 0.407 e. The molecule has 1 aliphatic rings. The van der Waals surface area contributed by atoms with Crippen LogP contribution in [-0.4, -0.2) is 33.4 Å². The third-order valence-corrected chi connectivity index (χ3v) is 7.29. The molecular formula is C31H34F2N4O4. The molecule has 1 aliphatic heterocycles. The Morgan fingerprint density at radius 1 is 0.878 bits per heavy atom. The van der Waals surface area contributed by atoms with E-state index in [9.17, 15) is 18.4 Å². The molecule has 8 nitrogen and oxygen atoms in total. The van der Waals surface area contributed by atoms with Crippen molar-refractivity contribution in [3.8, 4) is 11.3 Å². The van der Waals surface area contributed by atoms with Gasteiger partial charge in [0.05, 0.1) is 12.2 Å². The molecule has 4 aromatic rings. The van der Waals surface area contributed by atoms with Gasteiger partial charge in [-0.2, -0.15) is 0 Å². The van der Waals surface area contributed by atoms with E-state index in [1.165, 1.54) is 6.07 Å². The van der Waals surface area contributed by atoms with E-state index < -0.39 is 23.8 Å². The molecule has 2 N–H and O–H groups in total. The lowest BCUT2D eigenvalue weighted by molar-refractivity contribution is 0.129. The fourth-order valence-electron chi connectivity index (χ4n) is 5.52. The van der Waals surface area contributed by atoms with Crippen LogP contribution in [0.2, 0.25) is 0 Å². The summed E-state index contributed by atoms with van der Waals surface area (Å²) in [6.45, 7) is 7.48. The normalized spacial score (nSPS) is 12.4. The number of alkyl carbamates (subject to hydrolysis) is 2. The molecule has 2 amide bonds. The van der Waals surface area contributed by atoms with Gasteiger partial charge in [-0.05, 0) is 57.5 Å². The van der Waals surface area contributed by atoms with Crippen LogP contribution < -0.4 is 10.6 Å². The van der Waals surface area contributed by atoms with Gasteiger partial charge < -0.3 is 29.2 Å². The molecule has 0 spiro atoms. The molecular weight excluding hydrogens is 530 g/mol. The average Bonchev–Trinajstić information content (AvgIpc) is 3.37. The topological polar surface area (TPSA) is 86.5 Å². The van der Waals surface area contributed by atoms with Gasteiger partial charge in [0.25, 0.3) is 0 Å². The summed E-state index contributed by atoms with van der Waals surface area (Å²) in [6, 6.07) is 11.6. The van der Waals surface area contributed by atoms with Gasteiger partial charge in [-0.15, -0.1) is 0 Å². The number of nitrogens with zero attached hydrogens (tertiary/aromatic N) is 2. The van der Waals surface area contributed by atoms with Crippen LogP contribution in [-0.2, 0) is 42.7 Å².